The maximum atomic E-state index is 12.0. The molecule has 0 radical (unpaired) electrons. The first-order chi connectivity index (χ1) is 10.8. The summed E-state index contributed by atoms with van der Waals surface area (Å²) in [6.45, 7) is 5.40. The van der Waals surface area contributed by atoms with Gasteiger partial charge in [-0.05, 0) is 51.0 Å². The quantitative estimate of drug-likeness (QED) is 0.909. The smallest absolute Gasteiger partial charge is 0.412 e. The monoisotopic (exact) mass is 318 g/mol. The van der Waals surface area contributed by atoms with Crippen LogP contribution >= 0.6 is 0 Å². The molecule has 2 heterocycles. The van der Waals surface area contributed by atoms with Gasteiger partial charge in [-0.3, -0.25) is 4.90 Å². The van der Waals surface area contributed by atoms with Crippen LogP contribution in [0.1, 0.15) is 26.3 Å². The van der Waals surface area contributed by atoms with E-state index in [1.807, 2.05) is 24.4 Å². The average molecular weight is 318 g/mol. The van der Waals surface area contributed by atoms with Gasteiger partial charge in [0.05, 0.1) is 7.11 Å². The van der Waals surface area contributed by atoms with Crippen LogP contribution in [0.4, 0.5) is 4.79 Å². The number of ether oxygens (including phenoxy) is 2. The van der Waals surface area contributed by atoms with Crippen molar-refractivity contribution in [1.29, 1.82) is 0 Å². The fraction of sp³-hybridized carbons (Fsp3) is 0.471. The number of rotatable bonds is 4. The maximum Gasteiger partial charge on any atom is 0.412 e. The van der Waals surface area contributed by atoms with Gasteiger partial charge in [-0.15, -0.1) is 0 Å². The minimum absolute atomic E-state index is 0.374. The Bertz CT molecular complexity index is 748. The number of methoxy groups -OCH3 is 1. The van der Waals surface area contributed by atoms with E-state index >= 15 is 0 Å². The molecule has 23 heavy (non-hydrogen) atoms. The summed E-state index contributed by atoms with van der Waals surface area (Å²) in [5.74, 6) is 0.784. The molecular formula is C17H22N2O4. The predicted molar refractivity (Wildman–Crippen MR) is 86.4 cm³/mol. The summed E-state index contributed by atoms with van der Waals surface area (Å²) in [6, 6.07) is 5.82. The first-order valence-electron chi connectivity index (χ1n) is 7.63. The number of benzene rings is 1. The Hall–Kier alpha value is -2.21. The van der Waals surface area contributed by atoms with Crippen molar-refractivity contribution in [2.24, 2.45) is 0 Å². The molecule has 1 aliphatic rings. The highest BCUT2D eigenvalue weighted by molar-refractivity contribution is 5.84. The molecule has 0 aliphatic carbocycles. The molecule has 0 saturated carbocycles. The molecular weight excluding hydrogens is 296 g/mol. The van der Waals surface area contributed by atoms with Crippen molar-refractivity contribution < 1.29 is 19.4 Å². The van der Waals surface area contributed by atoms with Crippen molar-refractivity contribution >= 4 is 17.0 Å². The van der Waals surface area contributed by atoms with Crippen LogP contribution in [0.25, 0.3) is 10.9 Å². The number of nitrogens with zero attached hydrogens (tertiary/aromatic N) is 1. The van der Waals surface area contributed by atoms with Crippen molar-refractivity contribution in [3.63, 3.8) is 0 Å². The average Bonchev–Trinajstić information content (AvgIpc) is 2.94. The van der Waals surface area contributed by atoms with Crippen molar-refractivity contribution in [3.05, 3.63) is 30.0 Å². The van der Waals surface area contributed by atoms with E-state index in [0.717, 1.165) is 22.2 Å². The van der Waals surface area contributed by atoms with E-state index in [4.69, 9.17) is 9.47 Å². The molecule has 0 spiro atoms. The lowest BCUT2D eigenvalue weighted by molar-refractivity contribution is -0.126. The van der Waals surface area contributed by atoms with Gasteiger partial charge >= 0.3 is 6.09 Å². The number of aliphatic hydroxyl groups is 1. The van der Waals surface area contributed by atoms with Gasteiger partial charge in [0.15, 0.2) is 11.3 Å². The van der Waals surface area contributed by atoms with Gasteiger partial charge < -0.3 is 19.6 Å². The zero-order valence-electron chi connectivity index (χ0n) is 13.8. The molecule has 1 atom stereocenters. The van der Waals surface area contributed by atoms with Crippen molar-refractivity contribution in [2.45, 2.75) is 38.5 Å². The molecule has 3 rings (SSSR count). The molecule has 1 fully saturated rings. The lowest BCUT2D eigenvalue weighted by Gasteiger charge is -2.34. The van der Waals surface area contributed by atoms with E-state index in [0.29, 0.717) is 13.0 Å². The number of hydrogen-bond donors (Lipinski definition) is 2. The third-order valence-corrected chi connectivity index (χ3v) is 4.81. The number of amides is 1. The van der Waals surface area contributed by atoms with E-state index < -0.39 is 17.4 Å². The van der Waals surface area contributed by atoms with Gasteiger partial charge in [0.25, 0.3) is 0 Å². The molecule has 1 amide bonds. The zero-order valence-corrected chi connectivity index (χ0v) is 13.8. The zero-order chi connectivity index (χ0) is 16.8. The third kappa shape index (κ3) is 2.43. The van der Waals surface area contributed by atoms with Crippen molar-refractivity contribution in [2.75, 3.05) is 13.7 Å². The highest BCUT2D eigenvalue weighted by Gasteiger charge is 2.56. The minimum atomic E-state index is -1.34. The maximum absolute atomic E-state index is 12.0. The summed E-state index contributed by atoms with van der Waals surface area (Å²) in [6.07, 6.45) is 2.04. The Morgan fingerprint density at radius 1 is 1.35 bits per heavy atom. The number of aromatic amines is 1. The first kappa shape index (κ1) is 15.7. The van der Waals surface area contributed by atoms with Crippen LogP contribution in [0, 0.1) is 0 Å². The fourth-order valence-corrected chi connectivity index (χ4v) is 2.91. The Morgan fingerprint density at radius 2 is 2.09 bits per heavy atom. The summed E-state index contributed by atoms with van der Waals surface area (Å²) >= 11 is 0. The molecule has 2 N–H and O–H groups in total. The van der Waals surface area contributed by atoms with Crippen LogP contribution in [0.5, 0.6) is 5.75 Å². The fourth-order valence-electron chi connectivity index (χ4n) is 2.91. The van der Waals surface area contributed by atoms with Gasteiger partial charge in [0, 0.05) is 23.6 Å². The summed E-state index contributed by atoms with van der Waals surface area (Å²) in [7, 11) is 1.63. The molecule has 6 heteroatoms. The molecule has 1 aliphatic heterocycles. The van der Waals surface area contributed by atoms with Gasteiger partial charge in [-0.1, -0.05) is 0 Å². The third-order valence-electron chi connectivity index (χ3n) is 4.81. The topological polar surface area (TPSA) is 74.8 Å². The van der Waals surface area contributed by atoms with Gasteiger partial charge in [0.2, 0.25) is 0 Å². The Labute approximate surface area is 135 Å². The van der Waals surface area contributed by atoms with Crippen molar-refractivity contribution in [3.8, 4) is 5.75 Å². The second kappa shape index (κ2) is 5.16. The molecule has 124 valence electrons. The first-order valence-corrected chi connectivity index (χ1v) is 7.63. The van der Waals surface area contributed by atoms with E-state index in [-0.39, 0.29) is 0 Å². The lowest BCUT2D eigenvalue weighted by atomic mass is 9.95. The number of carbonyl (C=O) groups excluding carboxylic acids is 1. The SMILES string of the molecule is COc1ccc2[nH]cc(CCN3C(=O)OC(C)(C)[C@@]3(C)O)c2c1. The van der Waals surface area contributed by atoms with Crippen LogP contribution in [-0.4, -0.2) is 46.1 Å². The molecule has 1 aromatic carbocycles. The molecule has 0 bridgehead atoms. The van der Waals surface area contributed by atoms with Crippen LogP contribution in [-0.2, 0) is 11.2 Å². The lowest BCUT2D eigenvalue weighted by Crippen LogP contribution is -2.54. The van der Waals surface area contributed by atoms with Crippen LogP contribution in [0.2, 0.25) is 0 Å². The largest absolute Gasteiger partial charge is 0.497 e. The number of carbonyl (C=O) groups is 1. The normalized spacial score (nSPS) is 23.3. The minimum Gasteiger partial charge on any atom is -0.497 e. The number of cyclic esters (lactones) is 1. The van der Waals surface area contributed by atoms with E-state index in [1.165, 1.54) is 4.90 Å². The summed E-state index contributed by atoms with van der Waals surface area (Å²) < 4.78 is 10.5. The van der Waals surface area contributed by atoms with E-state index in [2.05, 4.69) is 4.98 Å². The van der Waals surface area contributed by atoms with E-state index in [1.54, 1.807) is 27.9 Å². The molecule has 0 unspecified atom stereocenters. The summed E-state index contributed by atoms with van der Waals surface area (Å²) in [5, 5.41) is 11.7. The molecule has 2 aromatic rings. The summed E-state index contributed by atoms with van der Waals surface area (Å²) in [4.78, 5) is 16.6. The van der Waals surface area contributed by atoms with Gasteiger partial charge in [-0.2, -0.15) is 0 Å². The van der Waals surface area contributed by atoms with Crippen LogP contribution in [0.3, 0.4) is 0 Å². The summed E-state index contributed by atoms with van der Waals surface area (Å²) in [5.41, 5.74) is -0.203. The number of aromatic nitrogens is 1. The standard InChI is InChI=1S/C17H22N2O4/c1-16(2)17(3,21)19(15(20)23-16)8-7-11-10-18-14-6-5-12(22-4)9-13(11)14/h5-6,9-10,18,21H,7-8H2,1-4H3/t17-/m1/s1. The molecule has 1 aromatic heterocycles. The Kier molecular flexibility index (Phi) is 3.52. The molecule has 6 nitrogen and oxygen atoms in total. The highest BCUT2D eigenvalue weighted by atomic mass is 16.6. The van der Waals surface area contributed by atoms with Crippen molar-refractivity contribution in [1.82, 2.24) is 9.88 Å². The number of H-pyrrole nitrogens is 1. The Balaban J connectivity index is 1.82. The van der Waals surface area contributed by atoms with Gasteiger partial charge in [-0.25, -0.2) is 4.79 Å². The van der Waals surface area contributed by atoms with Crippen LogP contribution in [0.15, 0.2) is 24.4 Å². The second-order valence-electron chi connectivity index (χ2n) is 6.53. The van der Waals surface area contributed by atoms with E-state index in [9.17, 15) is 9.90 Å². The number of nitrogens with one attached hydrogen (secondary N) is 1. The van der Waals surface area contributed by atoms with Gasteiger partial charge in [0.1, 0.15) is 5.75 Å². The Morgan fingerprint density at radius 3 is 2.70 bits per heavy atom. The molecule has 1 saturated heterocycles. The second-order valence-corrected chi connectivity index (χ2v) is 6.53. The number of fused-ring (bicyclic) bond motifs is 1. The van der Waals surface area contributed by atoms with Crippen LogP contribution < -0.4 is 4.74 Å². The highest BCUT2D eigenvalue weighted by Crippen LogP contribution is 2.37. The number of hydrogen-bond acceptors (Lipinski definition) is 4. The predicted octanol–water partition coefficient (Wildman–Crippen LogP) is 2.66.